The summed E-state index contributed by atoms with van der Waals surface area (Å²) < 4.78 is 13.9. The summed E-state index contributed by atoms with van der Waals surface area (Å²) in [6.07, 6.45) is 0. The molecule has 0 N–H and O–H groups in total. The quantitative estimate of drug-likeness (QED) is 0.177. The highest BCUT2D eigenvalue weighted by Crippen LogP contribution is 2.63. The van der Waals surface area contributed by atoms with Crippen molar-refractivity contribution in [1.29, 1.82) is 0 Å². The highest BCUT2D eigenvalue weighted by Gasteiger charge is 2.48. The van der Waals surface area contributed by atoms with Crippen LogP contribution in [0.5, 0.6) is 0 Å². The van der Waals surface area contributed by atoms with Crippen molar-refractivity contribution >= 4 is 43.9 Å². The zero-order valence-electron chi connectivity index (χ0n) is 35.1. The molecule has 11 aromatic rings. The summed E-state index contributed by atoms with van der Waals surface area (Å²) in [5.41, 5.74) is 23.1. The number of furan rings is 2. The van der Waals surface area contributed by atoms with Crippen LogP contribution >= 0.6 is 0 Å². The highest BCUT2D eigenvalue weighted by atomic mass is 16.3. The second kappa shape index (κ2) is 12.6. The first-order valence-electron chi connectivity index (χ1n) is 21.8. The molecule has 9 aromatic carbocycles. The fourth-order valence-electron chi connectivity index (χ4n) is 11.4. The van der Waals surface area contributed by atoms with Crippen LogP contribution in [0.25, 0.3) is 111 Å². The van der Waals surface area contributed by atoms with Crippen LogP contribution in [0.2, 0.25) is 0 Å². The third-order valence-corrected chi connectivity index (χ3v) is 14.2. The molecule has 0 bridgehead atoms. The van der Waals surface area contributed by atoms with E-state index in [1.807, 2.05) is 0 Å². The van der Waals surface area contributed by atoms with Crippen molar-refractivity contribution in [2.45, 2.75) is 38.5 Å². The second-order valence-electron chi connectivity index (χ2n) is 18.4. The number of benzene rings is 9. The van der Waals surface area contributed by atoms with E-state index < -0.39 is 0 Å². The summed E-state index contributed by atoms with van der Waals surface area (Å²) in [7, 11) is 0. The van der Waals surface area contributed by atoms with Crippen molar-refractivity contribution < 1.29 is 8.83 Å². The minimum atomic E-state index is -0.321. The first kappa shape index (κ1) is 35.3. The molecule has 0 fully saturated rings. The predicted octanol–water partition coefficient (Wildman–Crippen LogP) is 16.8. The topological polar surface area (TPSA) is 26.3 Å². The number of fused-ring (bicyclic) bond motifs is 15. The van der Waals surface area contributed by atoms with E-state index in [0.29, 0.717) is 0 Å². The molecule has 0 spiro atoms. The molecule has 0 saturated heterocycles. The van der Waals surface area contributed by atoms with Gasteiger partial charge in [0.15, 0.2) is 0 Å². The summed E-state index contributed by atoms with van der Waals surface area (Å²) in [6.45, 7) is 9.77. The van der Waals surface area contributed by atoms with Gasteiger partial charge in [-0.05, 0) is 114 Å². The van der Waals surface area contributed by atoms with Gasteiger partial charge >= 0.3 is 0 Å². The Labute approximate surface area is 360 Å². The van der Waals surface area contributed by atoms with E-state index in [0.717, 1.165) is 55.4 Å². The molecule has 2 heterocycles. The van der Waals surface area contributed by atoms with Crippen molar-refractivity contribution in [2.75, 3.05) is 0 Å². The van der Waals surface area contributed by atoms with E-state index in [-0.39, 0.29) is 10.8 Å². The molecule has 62 heavy (non-hydrogen) atoms. The van der Waals surface area contributed by atoms with Gasteiger partial charge in [-0.2, -0.15) is 0 Å². The maximum absolute atomic E-state index is 6.94. The van der Waals surface area contributed by atoms with Crippen LogP contribution in [-0.4, -0.2) is 0 Å². The van der Waals surface area contributed by atoms with E-state index in [4.69, 9.17) is 8.83 Å². The van der Waals surface area contributed by atoms with Gasteiger partial charge in [-0.3, -0.25) is 0 Å². The second-order valence-corrected chi connectivity index (χ2v) is 18.4. The third kappa shape index (κ3) is 4.75. The van der Waals surface area contributed by atoms with Crippen molar-refractivity contribution in [3.63, 3.8) is 0 Å². The van der Waals surface area contributed by atoms with Gasteiger partial charge in [0.1, 0.15) is 22.3 Å². The Balaban J connectivity index is 1.07. The lowest BCUT2D eigenvalue weighted by Gasteiger charge is -2.31. The maximum atomic E-state index is 6.94. The van der Waals surface area contributed by atoms with E-state index >= 15 is 0 Å². The Morgan fingerprint density at radius 2 is 0.694 bits per heavy atom. The Hall–Kier alpha value is -7.42. The molecule has 0 saturated carbocycles. The largest absolute Gasteiger partial charge is 0.455 e. The normalized spacial score (nSPS) is 14.4. The van der Waals surface area contributed by atoms with Gasteiger partial charge in [0.2, 0.25) is 0 Å². The summed E-state index contributed by atoms with van der Waals surface area (Å²) in [5.74, 6) is 0. The fraction of sp³-hybridized carbons (Fsp3) is 0.100. The van der Waals surface area contributed by atoms with Crippen molar-refractivity contribution in [2.24, 2.45) is 0 Å². The molecular formula is C60H42O2. The Kier molecular flexibility index (Phi) is 7.16. The number of hydrogen-bond acceptors (Lipinski definition) is 2. The van der Waals surface area contributed by atoms with Crippen LogP contribution in [0.1, 0.15) is 49.9 Å². The molecule has 0 unspecified atom stereocenters. The van der Waals surface area contributed by atoms with E-state index in [2.05, 4.69) is 210 Å². The first-order valence-corrected chi connectivity index (χ1v) is 21.8. The van der Waals surface area contributed by atoms with E-state index in [9.17, 15) is 0 Å². The SMILES string of the molecule is CC1(C)c2cc(-c3cccc(-c4ccccc4)c3)c3oc4ccccc4c3c2-c2ccc3c(c21)C(C)(C)c1cc(-c2cccc(-c4ccccc4)c2)c2oc4ccccc4c2c1-3. The van der Waals surface area contributed by atoms with Gasteiger partial charge in [0.25, 0.3) is 0 Å². The minimum absolute atomic E-state index is 0.321. The van der Waals surface area contributed by atoms with Gasteiger partial charge in [-0.25, -0.2) is 0 Å². The Morgan fingerprint density at radius 1 is 0.323 bits per heavy atom. The van der Waals surface area contributed by atoms with Gasteiger partial charge in [0.05, 0.1) is 0 Å². The zero-order valence-corrected chi connectivity index (χ0v) is 35.1. The molecule has 0 radical (unpaired) electrons. The van der Waals surface area contributed by atoms with Gasteiger partial charge in [-0.1, -0.05) is 173 Å². The molecule has 2 aliphatic carbocycles. The van der Waals surface area contributed by atoms with Gasteiger partial charge in [0, 0.05) is 43.5 Å². The lowest BCUT2D eigenvalue weighted by atomic mass is 9.72. The van der Waals surface area contributed by atoms with Crippen LogP contribution in [-0.2, 0) is 10.8 Å². The molecule has 2 nitrogen and oxygen atoms in total. The molecule has 0 atom stereocenters. The smallest absolute Gasteiger partial charge is 0.143 e. The van der Waals surface area contributed by atoms with Crippen LogP contribution in [0.15, 0.2) is 191 Å². The Morgan fingerprint density at radius 3 is 1.13 bits per heavy atom. The monoisotopic (exact) mass is 794 g/mol. The molecular weight excluding hydrogens is 753 g/mol. The van der Waals surface area contributed by atoms with Crippen LogP contribution in [0.3, 0.4) is 0 Å². The summed E-state index contributed by atoms with van der Waals surface area (Å²) in [6, 6.07) is 66.1. The van der Waals surface area contributed by atoms with Crippen molar-refractivity contribution in [3.05, 3.63) is 204 Å². The lowest BCUT2D eigenvalue weighted by molar-refractivity contribution is 0.601. The lowest BCUT2D eigenvalue weighted by Crippen LogP contribution is -2.24. The molecule has 2 aromatic heterocycles. The van der Waals surface area contributed by atoms with Crippen molar-refractivity contribution in [3.8, 4) is 66.8 Å². The minimum Gasteiger partial charge on any atom is -0.455 e. The summed E-state index contributed by atoms with van der Waals surface area (Å²) in [5, 5.41) is 4.70. The predicted molar refractivity (Wildman–Crippen MR) is 258 cm³/mol. The van der Waals surface area contributed by atoms with Crippen molar-refractivity contribution in [1.82, 2.24) is 0 Å². The average Bonchev–Trinajstić information content (AvgIpc) is 4.02. The highest BCUT2D eigenvalue weighted by molar-refractivity contribution is 6.21. The van der Waals surface area contributed by atoms with Gasteiger partial charge < -0.3 is 8.83 Å². The standard InChI is InChI=1S/C60H42O2/c1-59(2)47-33-45(39-23-15-21-37(31-39)35-17-7-5-8-18-35)57-53(41-25-11-13-27-49(41)61-57)51(47)43-29-30-44-52-48(60(3,4)56(44)55(43)59)34-46(58-54(52)42-26-12-14-28-50(42)62-58)40-24-16-22-38(32-40)36-19-9-6-10-20-36/h5-34H,1-4H3. The molecule has 294 valence electrons. The number of para-hydroxylation sites is 2. The number of hydrogen-bond donors (Lipinski definition) is 0. The van der Waals surface area contributed by atoms with Crippen LogP contribution in [0, 0.1) is 0 Å². The summed E-state index contributed by atoms with van der Waals surface area (Å²) >= 11 is 0. The van der Waals surface area contributed by atoms with Crippen LogP contribution < -0.4 is 0 Å². The molecule has 0 amide bonds. The third-order valence-electron chi connectivity index (χ3n) is 14.2. The maximum Gasteiger partial charge on any atom is 0.143 e. The molecule has 2 aliphatic rings. The molecule has 13 rings (SSSR count). The molecule has 0 aliphatic heterocycles. The first-order chi connectivity index (χ1) is 30.3. The Bertz CT molecular complexity index is 3430. The number of rotatable bonds is 4. The van der Waals surface area contributed by atoms with Crippen LogP contribution in [0.4, 0.5) is 0 Å². The summed E-state index contributed by atoms with van der Waals surface area (Å²) in [4.78, 5) is 0. The van der Waals surface area contributed by atoms with Gasteiger partial charge in [-0.15, -0.1) is 0 Å². The van der Waals surface area contributed by atoms with E-state index in [1.54, 1.807) is 0 Å². The fourth-order valence-corrected chi connectivity index (χ4v) is 11.4. The van der Waals surface area contributed by atoms with E-state index in [1.165, 1.54) is 77.5 Å². The average molecular weight is 795 g/mol. The molecule has 2 heteroatoms. The zero-order chi connectivity index (χ0) is 41.5.